The van der Waals surface area contributed by atoms with E-state index in [1.807, 2.05) is 0 Å². The summed E-state index contributed by atoms with van der Waals surface area (Å²) >= 11 is 0. The topological polar surface area (TPSA) is 38.3 Å². The van der Waals surface area contributed by atoms with Crippen molar-refractivity contribution >= 4 is 11.6 Å². The molecule has 0 bridgehead atoms. The van der Waals surface area contributed by atoms with Crippen molar-refractivity contribution in [3.8, 4) is 5.75 Å². The third-order valence-corrected chi connectivity index (χ3v) is 3.80. The van der Waals surface area contributed by atoms with Gasteiger partial charge >= 0.3 is 24.6 Å². The van der Waals surface area contributed by atoms with Crippen molar-refractivity contribution in [1.82, 2.24) is 0 Å². The molecular weight excluding hydrogens is 490 g/mol. The molecule has 182 valence electrons. The van der Waals surface area contributed by atoms with Crippen LogP contribution < -0.4 is 10.1 Å². The molecule has 1 amide bonds. The van der Waals surface area contributed by atoms with Gasteiger partial charge in [-0.15, -0.1) is 0 Å². The van der Waals surface area contributed by atoms with Gasteiger partial charge in [0.1, 0.15) is 5.75 Å². The fourth-order valence-corrected chi connectivity index (χ4v) is 2.30. The van der Waals surface area contributed by atoms with Crippen molar-refractivity contribution in [2.24, 2.45) is 0 Å². The highest BCUT2D eigenvalue weighted by atomic mass is 19.4. The smallest absolute Gasteiger partial charge is 0.430 e. The van der Waals surface area contributed by atoms with Crippen LogP contribution in [0.25, 0.3) is 0 Å². The molecule has 1 atom stereocenters. The third kappa shape index (κ3) is 6.68. The van der Waals surface area contributed by atoms with E-state index < -0.39 is 64.8 Å². The molecule has 0 saturated carbocycles. The molecule has 33 heavy (non-hydrogen) atoms. The quantitative estimate of drug-likeness (QED) is 0.458. The molecule has 0 spiro atoms. The summed E-state index contributed by atoms with van der Waals surface area (Å²) in [5, 5.41) is 1.75. The minimum atomic E-state index is -5.94. The lowest BCUT2D eigenvalue weighted by molar-refractivity contribution is -0.305. The van der Waals surface area contributed by atoms with Crippen LogP contribution in [0, 0.1) is 0 Å². The monoisotopic (exact) mass is 499 g/mol. The largest absolute Gasteiger partial charge is 0.439 e. The Bertz CT molecular complexity index is 961. The van der Waals surface area contributed by atoms with Crippen molar-refractivity contribution in [2.75, 3.05) is 5.32 Å². The summed E-state index contributed by atoms with van der Waals surface area (Å²) in [4.78, 5) is 12.1. The van der Waals surface area contributed by atoms with Crippen LogP contribution in [0.2, 0.25) is 0 Å². The molecule has 0 heterocycles. The number of ether oxygens (including phenoxy) is 1. The molecule has 2 aromatic carbocycles. The molecule has 0 fully saturated rings. The maximum absolute atomic E-state index is 13.2. The summed E-state index contributed by atoms with van der Waals surface area (Å²) in [6, 6.07) is 2.58. The molecule has 0 unspecified atom stereocenters. The van der Waals surface area contributed by atoms with Crippen LogP contribution in [-0.2, 0) is 12.4 Å². The van der Waals surface area contributed by atoms with Gasteiger partial charge in [-0.3, -0.25) is 4.79 Å². The molecule has 0 aliphatic carbocycles. The second-order valence-electron chi connectivity index (χ2n) is 6.34. The fraction of sp³-hybridized carbons (Fsp3) is 0.278. The van der Waals surface area contributed by atoms with Crippen molar-refractivity contribution in [2.45, 2.75) is 30.8 Å². The highest BCUT2D eigenvalue weighted by Gasteiger charge is 2.59. The Morgan fingerprint density at radius 2 is 1.21 bits per heavy atom. The van der Waals surface area contributed by atoms with Crippen LogP contribution in [0.1, 0.15) is 21.5 Å². The lowest BCUT2D eigenvalue weighted by Crippen LogP contribution is -2.45. The van der Waals surface area contributed by atoms with Crippen LogP contribution in [0.15, 0.2) is 42.5 Å². The Labute approximate surface area is 175 Å². The minimum absolute atomic E-state index is 0.180. The van der Waals surface area contributed by atoms with Gasteiger partial charge in [-0.25, -0.2) is 4.39 Å². The maximum atomic E-state index is 13.2. The summed E-state index contributed by atoms with van der Waals surface area (Å²) in [5.74, 6) is -2.30. The number of rotatable bonds is 5. The average molecular weight is 499 g/mol. The highest BCUT2D eigenvalue weighted by Crippen LogP contribution is 2.38. The lowest BCUT2D eigenvalue weighted by atomic mass is 10.1. The van der Waals surface area contributed by atoms with Gasteiger partial charge in [-0.2, -0.15) is 48.3 Å². The Morgan fingerprint density at radius 3 is 1.61 bits per heavy atom. The number of anilines is 1. The molecule has 0 radical (unpaired) electrons. The van der Waals surface area contributed by atoms with Gasteiger partial charge in [-0.05, 0) is 42.5 Å². The van der Waals surface area contributed by atoms with Crippen LogP contribution >= 0.6 is 0 Å². The zero-order valence-electron chi connectivity index (χ0n) is 15.5. The van der Waals surface area contributed by atoms with Gasteiger partial charge in [0.05, 0.1) is 11.1 Å². The van der Waals surface area contributed by atoms with E-state index in [9.17, 15) is 57.5 Å². The van der Waals surface area contributed by atoms with E-state index in [-0.39, 0.29) is 18.2 Å². The fourth-order valence-electron chi connectivity index (χ4n) is 2.30. The van der Waals surface area contributed by atoms with E-state index in [1.54, 1.807) is 5.32 Å². The Kier molecular flexibility index (Phi) is 6.86. The maximum Gasteiger partial charge on any atom is 0.439 e. The van der Waals surface area contributed by atoms with E-state index >= 15 is 0 Å². The summed E-state index contributed by atoms with van der Waals surface area (Å²) in [7, 11) is 0. The number of hydrogen-bond acceptors (Lipinski definition) is 2. The molecule has 0 aromatic heterocycles. The van der Waals surface area contributed by atoms with Crippen LogP contribution in [0.5, 0.6) is 5.75 Å². The summed E-state index contributed by atoms with van der Waals surface area (Å²) in [5.41, 5.74) is -4.85. The second kappa shape index (κ2) is 8.67. The SMILES string of the molecule is O=C(Nc1cc(C(F)(F)F)cc(C(F)(F)F)c1)c1ccc(OC(F)(F)[C@H](F)C(F)(F)F)cc1. The molecule has 0 saturated heterocycles. The molecular formula is C18H9F12NO2. The first kappa shape index (κ1) is 26.1. The minimum Gasteiger partial charge on any atom is -0.430 e. The van der Waals surface area contributed by atoms with E-state index in [2.05, 4.69) is 4.74 Å². The number of benzene rings is 2. The van der Waals surface area contributed by atoms with Gasteiger partial charge in [0.15, 0.2) is 0 Å². The molecule has 2 rings (SSSR count). The molecule has 3 nitrogen and oxygen atoms in total. The number of hydrogen-bond donors (Lipinski definition) is 1. The van der Waals surface area contributed by atoms with E-state index in [0.717, 1.165) is 0 Å². The highest BCUT2D eigenvalue weighted by molar-refractivity contribution is 6.04. The predicted octanol–water partition coefficient (Wildman–Crippen LogP) is 6.85. The van der Waals surface area contributed by atoms with E-state index in [0.29, 0.717) is 24.3 Å². The van der Waals surface area contributed by atoms with E-state index in [4.69, 9.17) is 0 Å². The third-order valence-electron chi connectivity index (χ3n) is 3.80. The van der Waals surface area contributed by atoms with Gasteiger partial charge in [0.2, 0.25) is 0 Å². The number of nitrogens with one attached hydrogen (secondary N) is 1. The second-order valence-corrected chi connectivity index (χ2v) is 6.34. The molecule has 15 heteroatoms. The Hall–Kier alpha value is -3.13. The Balaban J connectivity index is 2.23. The zero-order chi connectivity index (χ0) is 25.4. The van der Waals surface area contributed by atoms with Crippen molar-refractivity contribution in [3.63, 3.8) is 0 Å². The first-order chi connectivity index (χ1) is 14.8. The standard InChI is InChI=1S/C18H9F12NO2/c19-14(17(26,27)28)18(29,30)33-12-3-1-8(2-4-12)13(32)31-11-6-9(15(20,21)22)5-10(7-11)16(23,24)25/h1-7,14H,(H,31,32)/t14-/m1/s1. The summed E-state index contributed by atoms with van der Waals surface area (Å²) < 4.78 is 156. The zero-order valence-corrected chi connectivity index (χ0v) is 15.5. The van der Waals surface area contributed by atoms with Crippen LogP contribution in [0.3, 0.4) is 0 Å². The molecule has 2 aromatic rings. The Morgan fingerprint density at radius 1 is 0.758 bits per heavy atom. The predicted molar refractivity (Wildman–Crippen MR) is 87.4 cm³/mol. The number of amides is 1. The summed E-state index contributed by atoms with van der Waals surface area (Å²) in [6.07, 6.45) is -26.3. The van der Waals surface area contributed by atoms with Crippen molar-refractivity contribution < 1.29 is 62.2 Å². The molecule has 1 N–H and O–H groups in total. The number of carbonyl (C=O) groups is 1. The van der Waals surface area contributed by atoms with Crippen molar-refractivity contribution in [1.29, 1.82) is 0 Å². The van der Waals surface area contributed by atoms with Gasteiger partial charge in [-0.1, -0.05) is 0 Å². The van der Waals surface area contributed by atoms with Crippen LogP contribution in [0.4, 0.5) is 58.4 Å². The van der Waals surface area contributed by atoms with Gasteiger partial charge in [0, 0.05) is 11.3 Å². The van der Waals surface area contributed by atoms with Gasteiger partial charge < -0.3 is 10.1 Å². The summed E-state index contributed by atoms with van der Waals surface area (Å²) in [6.45, 7) is 0. The van der Waals surface area contributed by atoms with Gasteiger partial charge in [0.25, 0.3) is 12.1 Å². The number of alkyl halides is 12. The lowest BCUT2D eigenvalue weighted by Gasteiger charge is -2.23. The first-order valence-electron chi connectivity index (χ1n) is 8.29. The average Bonchev–Trinajstić information content (AvgIpc) is 2.65. The number of halogens is 12. The first-order valence-corrected chi connectivity index (χ1v) is 8.29. The van der Waals surface area contributed by atoms with Crippen LogP contribution in [-0.4, -0.2) is 24.4 Å². The number of carbonyl (C=O) groups excluding carboxylic acids is 1. The molecule has 0 aliphatic rings. The molecule has 0 aliphatic heterocycles. The van der Waals surface area contributed by atoms with E-state index in [1.165, 1.54) is 0 Å². The normalized spacial score (nSPS) is 14.1. The van der Waals surface area contributed by atoms with Crippen molar-refractivity contribution in [3.05, 3.63) is 59.2 Å².